The first-order chi connectivity index (χ1) is 12.7. The summed E-state index contributed by atoms with van der Waals surface area (Å²) < 4.78 is 6.12. The minimum Gasteiger partial charge on any atom is -0.487 e. The van der Waals surface area contributed by atoms with Crippen LogP contribution in [0.3, 0.4) is 0 Å². The van der Waals surface area contributed by atoms with Crippen LogP contribution in [0.15, 0.2) is 34.6 Å². The summed E-state index contributed by atoms with van der Waals surface area (Å²) >= 11 is 1.69. The number of hydrogen-bond donors (Lipinski definition) is 2. The van der Waals surface area contributed by atoms with Gasteiger partial charge < -0.3 is 15.4 Å². The number of thiazole rings is 1. The van der Waals surface area contributed by atoms with Gasteiger partial charge in [0, 0.05) is 29.8 Å². The molecule has 0 amide bonds. The second-order valence-corrected chi connectivity index (χ2v) is 9.55. The van der Waals surface area contributed by atoms with Crippen molar-refractivity contribution in [1.82, 2.24) is 15.6 Å². The highest BCUT2D eigenvalue weighted by Gasteiger charge is 2.34. The topological polar surface area (TPSA) is 58.5 Å². The molecule has 1 atom stereocenters. The second-order valence-electron chi connectivity index (χ2n) is 8.60. The summed E-state index contributed by atoms with van der Waals surface area (Å²) in [6, 6.07) is 8.36. The summed E-state index contributed by atoms with van der Waals surface area (Å²) in [7, 11) is 1.80. The van der Waals surface area contributed by atoms with Crippen LogP contribution in [0.2, 0.25) is 0 Å². The predicted octanol–water partition coefficient (Wildman–Crippen LogP) is 4.41. The van der Waals surface area contributed by atoms with E-state index in [1.54, 1.807) is 18.4 Å². The van der Waals surface area contributed by atoms with Crippen LogP contribution < -0.4 is 15.4 Å². The monoisotopic (exact) mass is 386 g/mol. The van der Waals surface area contributed by atoms with Crippen LogP contribution in [0.25, 0.3) is 0 Å². The van der Waals surface area contributed by atoms with Gasteiger partial charge in [-0.05, 0) is 19.9 Å². The lowest BCUT2D eigenvalue weighted by molar-refractivity contribution is 0.0694. The van der Waals surface area contributed by atoms with E-state index in [2.05, 4.69) is 67.8 Å². The molecule has 2 heterocycles. The zero-order valence-corrected chi connectivity index (χ0v) is 17.9. The molecule has 6 heteroatoms. The fraction of sp³-hybridized carbons (Fsp3) is 0.524. The number of nitrogens with zero attached hydrogens (tertiary/aromatic N) is 2. The summed E-state index contributed by atoms with van der Waals surface area (Å²) in [6.07, 6.45) is 0.871. The van der Waals surface area contributed by atoms with Crippen molar-refractivity contribution in [2.45, 2.75) is 64.6 Å². The van der Waals surface area contributed by atoms with Crippen molar-refractivity contribution in [3.8, 4) is 5.75 Å². The second kappa shape index (κ2) is 7.50. The Morgan fingerprint density at radius 2 is 2.07 bits per heavy atom. The number of guanidine groups is 1. The molecule has 5 nitrogen and oxygen atoms in total. The van der Waals surface area contributed by atoms with E-state index in [0.717, 1.165) is 28.8 Å². The molecule has 0 spiro atoms. The van der Waals surface area contributed by atoms with E-state index in [4.69, 9.17) is 9.72 Å². The molecule has 27 heavy (non-hydrogen) atoms. The number of aliphatic imine (C=N–C) groups is 1. The van der Waals surface area contributed by atoms with E-state index in [-0.39, 0.29) is 17.1 Å². The van der Waals surface area contributed by atoms with E-state index in [1.807, 2.05) is 12.1 Å². The fourth-order valence-electron chi connectivity index (χ4n) is 3.19. The van der Waals surface area contributed by atoms with Crippen molar-refractivity contribution in [3.05, 3.63) is 45.9 Å². The minimum absolute atomic E-state index is 0.0755. The van der Waals surface area contributed by atoms with Crippen LogP contribution in [0.1, 0.15) is 63.3 Å². The number of fused-ring (bicyclic) bond motifs is 1. The number of rotatable bonds is 3. The van der Waals surface area contributed by atoms with E-state index in [9.17, 15) is 0 Å². The third-order valence-electron chi connectivity index (χ3n) is 4.64. The summed E-state index contributed by atoms with van der Waals surface area (Å²) in [6.45, 7) is 11.5. The maximum absolute atomic E-state index is 6.12. The summed E-state index contributed by atoms with van der Waals surface area (Å²) in [5.41, 5.74) is 2.16. The smallest absolute Gasteiger partial charge is 0.191 e. The molecule has 146 valence electrons. The molecule has 1 aliphatic heterocycles. The van der Waals surface area contributed by atoms with Gasteiger partial charge in [0.15, 0.2) is 5.96 Å². The molecule has 1 unspecified atom stereocenters. The molecule has 0 radical (unpaired) electrons. The van der Waals surface area contributed by atoms with Gasteiger partial charge in [0.05, 0.1) is 18.3 Å². The van der Waals surface area contributed by atoms with Gasteiger partial charge in [-0.2, -0.15) is 0 Å². The Morgan fingerprint density at radius 3 is 2.74 bits per heavy atom. The van der Waals surface area contributed by atoms with Crippen LogP contribution in [-0.4, -0.2) is 23.6 Å². The number of nitrogens with one attached hydrogen (secondary N) is 2. The van der Waals surface area contributed by atoms with Gasteiger partial charge in [0.1, 0.15) is 16.4 Å². The van der Waals surface area contributed by atoms with Crippen LogP contribution in [0, 0.1) is 0 Å². The Labute approximate surface area is 166 Å². The lowest BCUT2D eigenvalue weighted by Crippen LogP contribution is -2.45. The molecular formula is C21H30N4OS. The Balaban J connectivity index is 1.68. The van der Waals surface area contributed by atoms with Crippen molar-refractivity contribution in [1.29, 1.82) is 0 Å². The summed E-state index contributed by atoms with van der Waals surface area (Å²) in [5.74, 6) is 1.72. The van der Waals surface area contributed by atoms with Crippen molar-refractivity contribution >= 4 is 17.3 Å². The van der Waals surface area contributed by atoms with Crippen LogP contribution in [0.4, 0.5) is 0 Å². The lowest BCUT2D eigenvalue weighted by Gasteiger charge is -2.38. The Hall–Kier alpha value is -2.08. The summed E-state index contributed by atoms with van der Waals surface area (Å²) in [5, 5.41) is 10.2. The van der Waals surface area contributed by atoms with Crippen molar-refractivity contribution < 1.29 is 4.74 Å². The predicted molar refractivity (Wildman–Crippen MR) is 113 cm³/mol. The highest BCUT2D eigenvalue weighted by Crippen LogP contribution is 2.39. The van der Waals surface area contributed by atoms with E-state index in [1.165, 1.54) is 5.56 Å². The Bertz CT molecular complexity index is 820. The van der Waals surface area contributed by atoms with Crippen molar-refractivity contribution in [2.75, 3.05) is 7.05 Å². The zero-order chi connectivity index (χ0) is 19.7. The molecular weight excluding hydrogens is 356 g/mol. The fourth-order valence-corrected chi connectivity index (χ4v) is 4.15. The Kier molecular flexibility index (Phi) is 5.47. The quantitative estimate of drug-likeness (QED) is 0.606. The molecule has 2 N–H and O–H groups in total. The van der Waals surface area contributed by atoms with Gasteiger partial charge in [-0.1, -0.05) is 39.0 Å². The van der Waals surface area contributed by atoms with E-state index < -0.39 is 0 Å². The number of para-hydroxylation sites is 1. The number of aromatic nitrogens is 1. The average molecular weight is 387 g/mol. The zero-order valence-electron chi connectivity index (χ0n) is 17.1. The third-order valence-corrected chi connectivity index (χ3v) is 5.49. The van der Waals surface area contributed by atoms with Gasteiger partial charge in [-0.15, -0.1) is 11.3 Å². The molecule has 1 aromatic heterocycles. The Morgan fingerprint density at radius 1 is 1.33 bits per heavy atom. The molecule has 0 fully saturated rings. The minimum atomic E-state index is -0.220. The molecule has 2 aromatic rings. The molecule has 0 saturated carbocycles. The van der Waals surface area contributed by atoms with Crippen molar-refractivity contribution in [3.63, 3.8) is 0 Å². The molecule has 1 aromatic carbocycles. The van der Waals surface area contributed by atoms with E-state index in [0.29, 0.717) is 6.54 Å². The molecule has 3 rings (SSSR count). The van der Waals surface area contributed by atoms with Gasteiger partial charge in [0.25, 0.3) is 0 Å². The van der Waals surface area contributed by atoms with Gasteiger partial charge >= 0.3 is 0 Å². The highest BCUT2D eigenvalue weighted by atomic mass is 32.1. The van der Waals surface area contributed by atoms with Gasteiger partial charge in [-0.25, -0.2) is 4.98 Å². The van der Waals surface area contributed by atoms with Crippen molar-refractivity contribution in [2.24, 2.45) is 4.99 Å². The largest absolute Gasteiger partial charge is 0.487 e. The number of benzene rings is 1. The molecule has 0 bridgehead atoms. The van der Waals surface area contributed by atoms with Crippen LogP contribution in [0.5, 0.6) is 5.75 Å². The normalized spacial score (nSPS) is 19.2. The first kappa shape index (κ1) is 19.7. The number of ether oxygens (including phenoxy) is 1. The average Bonchev–Trinajstić information content (AvgIpc) is 3.06. The third kappa shape index (κ3) is 4.80. The molecule has 0 aliphatic carbocycles. The first-order valence-electron chi connectivity index (χ1n) is 9.38. The summed E-state index contributed by atoms with van der Waals surface area (Å²) in [4.78, 5) is 9.15. The lowest BCUT2D eigenvalue weighted by atomic mass is 9.90. The highest BCUT2D eigenvalue weighted by molar-refractivity contribution is 7.09. The van der Waals surface area contributed by atoms with Crippen LogP contribution >= 0.6 is 11.3 Å². The van der Waals surface area contributed by atoms with Gasteiger partial charge in [-0.3, -0.25) is 4.99 Å². The maximum atomic E-state index is 6.12. The van der Waals surface area contributed by atoms with E-state index >= 15 is 0 Å². The maximum Gasteiger partial charge on any atom is 0.191 e. The van der Waals surface area contributed by atoms with Gasteiger partial charge in [0.2, 0.25) is 0 Å². The van der Waals surface area contributed by atoms with Crippen LogP contribution in [-0.2, 0) is 12.0 Å². The number of hydrogen-bond acceptors (Lipinski definition) is 4. The SMILES string of the molecule is CN=C(NCc1nc(C(C)(C)C)cs1)NC1CC(C)(C)Oc2ccccc21. The standard InChI is InChI=1S/C21H30N4OS/c1-20(2,3)17-13-27-18(25-17)12-23-19(22-6)24-15-11-21(4,5)26-16-10-8-7-9-14(15)16/h7-10,13,15H,11-12H2,1-6H3,(H2,22,23,24). The molecule has 0 saturated heterocycles. The molecule has 1 aliphatic rings. The first-order valence-corrected chi connectivity index (χ1v) is 10.3.